The fraction of sp³-hybridized carbons (Fsp3) is 0.318. The molecule has 1 fully saturated rings. The molecule has 0 aromatic heterocycles. The molecule has 0 amide bonds. The number of benzene rings is 2. The van der Waals surface area contributed by atoms with Crippen molar-refractivity contribution in [3.05, 3.63) is 72.8 Å². The first-order chi connectivity index (χ1) is 14.5. The molecule has 30 heavy (non-hydrogen) atoms. The third-order valence-electron chi connectivity index (χ3n) is 4.47. The van der Waals surface area contributed by atoms with Crippen LogP contribution in [0.1, 0.15) is 10.4 Å². The number of aliphatic hydroxyl groups is 3. The summed E-state index contributed by atoms with van der Waals surface area (Å²) in [4.78, 5) is 12.4. The zero-order valence-corrected chi connectivity index (χ0v) is 16.2. The van der Waals surface area contributed by atoms with Crippen molar-refractivity contribution in [3.8, 4) is 11.5 Å². The van der Waals surface area contributed by atoms with Crippen LogP contribution < -0.4 is 4.74 Å². The first-order valence-corrected chi connectivity index (χ1v) is 9.42. The second-order valence-corrected chi connectivity index (χ2v) is 6.68. The minimum atomic E-state index is -1.51. The first-order valence-electron chi connectivity index (χ1n) is 9.42. The molecule has 0 unspecified atom stereocenters. The SMILES string of the molecule is C=CCO[C@@H]1O[C@H](COC(=O)c2cccc(Oc3ccccc3)c2)[C@@H](O)[C@H](O)[C@H]1O. The summed E-state index contributed by atoms with van der Waals surface area (Å²) in [5, 5.41) is 30.1. The van der Waals surface area contributed by atoms with Crippen LogP contribution in [0.15, 0.2) is 67.3 Å². The Labute approximate surface area is 173 Å². The van der Waals surface area contributed by atoms with Gasteiger partial charge in [0.15, 0.2) is 6.29 Å². The molecule has 0 aliphatic carbocycles. The van der Waals surface area contributed by atoms with Crippen molar-refractivity contribution >= 4 is 5.97 Å². The quantitative estimate of drug-likeness (QED) is 0.440. The third kappa shape index (κ3) is 5.44. The van der Waals surface area contributed by atoms with E-state index >= 15 is 0 Å². The summed E-state index contributed by atoms with van der Waals surface area (Å²) in [7, 11) is 0. The van der Waals surface area contributed by atoms with Crippen LogP contribution in [0.25, 0.3) is 0 Å². The van der Waals surface area contributed by atoms with Gasteiger partial charge in [-0.25, -0.2) is 4.79 Å². The van der Waals surface area contributed by atoms with Gasteiger partial charge in [0, 0.05) is 0 Å². The molecule has 1 saturated heterocycles. The molecular formula is C22H24O8. The molecular weight excluding hydrogens is 392 g/mol. The average molecular weight is 416 g/mol. The van der Waals surface area contributed by atoms with Crippen LogP contribution in [0.5, 0.6) is 11.5 Å². The van der Waals surface area contributed by atoms with E-state index in [1.54, 1.807) is 30.3 Å². The summed E-state index contributed by atoms with van der Waals surface area (Å²) in [5.41, 5.74) is 0.244. The van der Waals surface area contributed by atoms with Crippen molar-refractivity contribution < 1.29 is 39.1 Å². The third-order valence-corrected chi connectivity index (χ3v) is 4.47. The van der Waals surface area contributed by atoms with Crippen LogP contribution in [-0.2, 0) is 14.2 Å². The molecule has 8 heteroatoms. The van der Waals surface area contributed by atoms with Gasteiger partial charge in [-0.15, -0.1) is 6.58 Å². The van der Waals surface area contributed by atoms with Crippen molar-refractivity contribution in [2.24, 2.45) is 0 Å². The van der Waals surface area contributed by atoms with Gasteiger partial charge in [-0.3, -0.25) is 0 Å². The molecule has 1 heterocycles. The Hall–Kier alpha value is -2.75. The van der Waals surface area contributed by atoms with Crippen molar-refractivity contribution in [3.63, 3.8) is 0 Å². The number of rotatable bonds is 8. The number of carbonyl (C=O) groups is 1. The molecule has 0 saturated carbocycles. The number of hydrogen-bond donors (Lipinski definition) is 3. The van der Waals surface area contributed by atoms with Crippen molar-refractivity contribution in [1.82, 2.24) is 0 Å². The molecule has 0 spiro atoms. The first kappa shape index (κ1) is 21.9. The van der Waals surface area contributed by atoms with E-state index in [0.29, 0.717) is 11.5 Å². The van der Waals surface area contributed by atoms with Crippen LogP contribution in [0.3, 0.4) is 0 Å². The molecule has 2 aromatic rings. The van der Waals surface area contributed by atoms with E-state index in [1.165, 1.54) is 12.1 Å². The van der Waals surface area contributed by atoms with Crippen LogP contribution in [0, 0.1) is 0 Å². The van der Waals surface area contributed by atoms with Gasteiger partial charge in [0.25, 0.3) is 0 Å². The molecule has 2 aromatic carbocycles. The predicted octanol–water partition coefficient (Wildman–Crippen LogP) is 1.65. The summed E-state index contributed by atoms with van der Waals surface area (Å²) < 4.78 is 21.6. The number of para-hydroxylation sites is 1. The normalized spacial score (nSPS) is 26.0. The highest BCUT2D eigenvalue weighted by Crippen LogP contribution is 2.24. The number of ether oxygens (including phenoxy) is 4. The lowest BCUT2D eigenvalue weighted by atomic mass is 9.99. The van der Waals surface area contributed by atoms with Gasteiger partial charge in [0.05, 0.1) is 12.2 Å². The zero-order valence-electron chi connectivity index (χ0n) is 16.2. The molecule has 0 radical (unpaired) electrons. The highest BCUT2D eigenvalue weighted by molar-refractivity contribution is 5.89. The predicted molar refractivity (Wildman–Crippen MR) is 106 cm³/mol. The minimum absolute atomic E-state index is 0.0747. The zero-order chi connectivity index (χ0) is 21.5. The van der Waals surface area contributed by atoms with Gasteiger partial charge < -0.3 is 34.3 Å². The summed E-state index contributed by atoms with van der Waals surface area (Å²) in [5.74, 6) is 0.425. The maximum atomic E-state index is 12.4. The summed E-state index contributed by atoms with van der Waals surface area (Å²) >= 11 is 0. The maximum absolute atomic E-state index is 12.4. The molecule has 1 aliphatic rings. The Kier molecular flexibility index (Phi) is 7.56. The van der Waals surface area contributed by atoms with Gasteiger partial charge in [-0.2, -0.15) is 0 Å². The lowest BCUT2D eigenvalue weighted by Crippen LogP contribution is -2.59. The van der Waals surface area contributed by atoms with E-state index in [-0.39, 0.29) is 18.8 Å². The Morgan fingerprint density at radius 1 is 1.00 bits per heavy atom. The fourth-order valence-electron chi connectivity index (χ4n) is 2.91. The lowest BCUT2D eigenvalue weighted by molar-refractivity contribution is -0.298. The molecule has 3 rings (SSSR count). The summed E-state index contributed by atoms with van der Waals surface area (Å²) in [6.45, 7) is 3.22. The Morgan fingerprint density at radius 3 is 2.47 bits per heavy atom. The topological polar surface area (TPSA) is 115 Å². The molecule has 8 nitrogen and oxygen atoms in total. The van der Waals surface area contributed by atoms with E-state index in [2.05, 4.69) is 6.58 Å². The van der Waals surface area contributed by atoms with Crippen molar-refractivity contribution in [1.29, 1.82) is 0 Å². The molecule has 160 valence electrons. The van der Waals surface area contributed by atoms with Gasteiger partial charge in [-0.1, -0.05) is 30.3 Å². The van der Waals surface area contributed by atoms with E-state index in [9.17, 15) is 20.1 Å². The van der Waals surface area contributed by atoms with Crippen LogP contribution >= 0.6 is 0 Å². The second-order valence-electron chi connectivity index (χ2n) is 6.68. The maximum Gasteiger partial charge on any atom is 0.338 e. The van der Waals surface area contributed by atoms with E-state index in [1.807, 2.05) is 18.2 Å². The van der Waals surface area contributed by atoms with Crippen molar-refractivity contribution in [2.75, 3.05) is 13.2 Å². The fourth-order valence-corrected chi connectivity index (χ4v) is 2.91. The Bertz CT molecular complexity index is 840. The standard InChI is InChI=1S/C22H24O8/c1-2-11-27-22-20(25)19(24)18(23)17(30-22)13-28-21(26)14-7-6-10-16(12-14)29-15-8-4-3-5-9-15/h2-10,12,17-20,22-25H,1,11,13H2/t17-,18-,19+,20-,22-/m1/s1. The number of carbonyl (C=O) groups excluding carboxylic acids is 1. The Morgan fingerprint density at radius 2 is 1.73 bits per heavy atom. The lowest BCUT2D eigenvalue weighted by Gasteiger charge is -2.39. The second kappa shape index (κ2) is 10.3. The van der Waals surface area contributed by atoms with Crippen LogP contribution in [-0.4, -0.2) is 65.2 Å². The molecule has 3 N–H and O–H groups in total. The van der Waals surface area contributed by atoms with E-state index in [4.69, 9.17) is 18.9 Å². The molecule has 1 aliphatic heterocycles. The van der Waals surface area contributed by atoms with Gasteiger partial charge in [0.1, 0.15) is 42.5 Å². The van der Waals surface area contributed by atoms with Gasteiger partial charge >= 0.3 is 5.97 Å². The highest BCUT2D eigenvalue weighted by Gasteiger charge is 2.44. The smallest absolute Gasteiger partial charge is 0.338 e. The monoisotopic (exact) mass is 416 g/mol. The largest absolute Gasteiger partial charge is 0.459 e. The summed E-state index contributed by atoms with van der Waals surface area (Å²) in [6, 6.07) is 15.6. The van der Waals surface area contributed by atoms with E-state index in [0.717, 1.165) is 0 Å². The Balaban J connectivity index is 1.60. The van der Waals surface area contributed by atoms with Gasteiger partial charge in [-0.05, 0) is 30.3 Å². The van der Waals surface area contributed by atoms with E-state index < -0.39 is 36.7 Å². The van der Waals surface area contributed by atoms with Crippen molar-refractivity contribution in [2.45, 2.75) is 30.7 Å². The number of hydrogen-bond acceptors (Lipinski definition) is 8. The molecule has 0 bridgehead atoms. The van der Waals surface area contributed by atoms with Gasteiger partial charge in [0.2, 0.25) is 0 Å². The highest BCUT2D eigenvalue weighted by atomic mass is 16.7. The number of aliphatic hydroxyl groups excluding tert-OH is 3. The average Bonchev–Trinajstić information content (AvgIpc) is 2.77. The minimum Gasteiger partial charge on any atom is -0.459 e. The number of esters is 1. The van der Waals surface area contributed by atoms with Crippen LogP contribution in [0.4, 0.5) is 0 Å². The van der Waals surface area contributed by atoms with Crippen LogP contribution in [0.2, 0.25) is 0 Å². The summed E-state index contributed by atoms with van der Waals surface area (Å²) in [6.07, 6.45) is -5.23. The molecule has 5 atom stereocenters.